The third-order valence-electron chi connectivity index (χ3n) is 3.25. The van der Waals surface area contributed by atoms with Crippen LogP contribution in [0.2, 0.25) is 0 Å². The normalized spacial score (nSPS) is 11.6. The van der Waals surface area contributed by atoms with E-state index in [1.165, 1.54) is 17.0 Å². The SMILES string of the molecule is CC(C)NS(=O)(=O)c1ccc(NC(=O)CCCc2cccs2)cc1. The molecule has 1 heterocycles. The Labute approximate surface area is 147 Å². The maximum Gasteiger partial charge on any atom is 0.240 e. The van der Waals surface area contributed by atoms with Gasteiger partial charge in [-0.25, -0.2) is 13.1 Å². The smallest absolute Gasteiger partial charge is 0.240 e. The summed E-state index contributed by atoms with van der Waals surface area (Å²) in [6.07, 6.45) is 2.12. The molecular formula is C17H22N2O3S2. The molecule has 1 aromatic carbocycles. The van der Waals surface area contributed by atoms with Crippen LogP contribution in [0.5, 0.6) is 0 Å². The second-order valence-electron chi connectivity index (χ2n) is 5.78. The first kappa shape index (κ1) is 18.6. The Morgan fingerprint density at radius 1 is 1.17 bits per heavy atom. The lowest BCUT2D eigenvalue weighted by atomic mass is 10.2. The van der Waals surface area contributed by atoms with Crippen molar-refractivity contribution < 1.29 is 13.2 Å². The summed E-state index contributed by atoms with van der Waals surface area (Å²) in [7, 11) is -3.51. The van der Waals surface area contributed by atoms with Crippen LogP contribution < -0.4 is 10.0 Å². The van der Waals surface area contributed by atoms with Gasteiger partial charge >= 0.3 is 0 Å². The van der Waals surface area contributed by atoms with Gasteiger partial charge in [0.15, 0.2) is 0 Å². The van der Waals surface area contributed by atoms with E-state index in [2.05, 4.69) is 16.1 Å². The van der Waals surface area contributed by atoms with Gasteiger partial charge < -0.3 is 5.32 Å². The molecule has 24 heavy (non-hydrogen) atoms. The predicted molar refractivity (Wildman–Crippen MR) is 97.8 cm³/mol. The Morgan fingerprint density at radius 3 is 2.46 bits per heavy atom. The summed E-state index contributed by atoms with van der Waals surface area (Å²) in [5.41, 5.74) is 0.597. The number of hydrogen-bond acceptors (Lipinski definition) is 4. The lowest BCUT2D eigenvalue weighted by Gasteiger charge is -2.10. The van der Waals surface area contributed by atoms with Crippen molar-refractivity contribution in [3.63, 3.8) is 0 Å². The molecule has 0 unspecified atom stereocenters. The van der Waals surface area contributed by atoms with Gasteiger partial charge in [0.2, 0.25) is 15.9 Å². The van der Waals surface area contributed by atoms with Crippen LogP contribution in [0, 0.1) is 0 Å². The zero-order chi connectivity index (χ0) is 17.6. The Morgan fingerprint density at radius 2 is 1.88 bits per heavy atom. The number of amides is 1. The molecule has 7 heteroatoms. The van der Waals surface area contributed by atoms with Gasteiger partial charge in [0.25, 0.3) is 0 Å². The topological polar surface area (TPSA) is 75.3 Å². The molecule has 0 atom stereocenters. The van der Waals surface area contributed by atoms with Crippen LogP contribution in [0.4, 0.5) is 5.69 Å². The molecular weight excluding hydrogens is 344 g/mol. The van der Waals surface area contributed by atoms with E-state index in [1.54, 1.807) is 37.3 Å². The third kappa shape index (κ3) is 5.74. The van der Waals surface area contributed by atoms with Crippen LogP contribution in [0.15, 0.2) is 46.7 Å². The summed E-state index contributed by atoms with van der Waals surface area (Å²) in [5.74, 6) is -0.0672. The number of carbonyl (C=O) groups excluding carboxylic acids is 1. The van der Waals surface area contributed by atoms with E-state index < -0.39 is 10.0 Å². The molecule has 1 aromatic heterocycles. The van der Waals surface area contributed by atoms with Gasteiger partial charge in [0, 0.05) is 23.0 Å². The maximum atomic E-state index is 12.0. The number of anilines is 1. The van der Waals surface area contributed by atoms with Crippen LogP contribution in [0.3, 0.4) is 0 Å². The number of nitrogens with one attached hydrogen (secondary N) is 2. The van der Waals surface area contributed by atoms with Crippen molar-refractivity contribution in [3.05, 3.63) is 46.7 Å². The van der Waals surface area contributed by atoms with E-state index in [0.29, 0.717) is 12.1 Å². The molecule has 5 nitrogen and oxygen atoms in total. The molecule has 0 fully saturated rings. The Kier molecular flexibility index (Phi) is 6.53. The molecule has 2 rings (SSSR count). The molecule has 0 aliphatic carbocycles. The largest absolute Gasteiger partial charge is 0.326 e. The minimum absolute atomic E-state index is 0.0672. The lowest BCUT2D eigenvalue weighted by molar-refractivity contribution is -0.116. The summed E-state index contributed by atoms with van der Waals surface area (Å²) in [6, 6.07) is 10.1. The summed E-state index contributed by atoms with van der Waals surface area (Å²) >= 11 is 1.69. The molecule has 0 aliphatic heterocycles. The molecule has 0 bridgehead atoms. The highest BCUT2D eigenvalue weighted by atomic mass is 32.2. The van der Waals surface area contributed by atoms with E-state index in [9.17, 15) is 13.2 Å². The van der Waals surface area contributed by atoms with Crippen LogP contribution >= 0.6 is 11.3 Å². The van der Waals surface area contributed by atoms with Crippen LogP contribution in [-0.4, -0.2) is 20.4 Å². The van der Waals surface area contributed by atoms with Crippen molar-refractivity contribution in [2.75, 3.05) is 5.32 Å². The fourth-order valence-electron chi connectivity index (χ4n) is 2.20. The lowest BCUT2D eigenvalue weighted by Crippen LogP contribution is -2.30. The number of hydrogen-bond donors (Lipinski definition) is 2. The molecule has 0 saturated heterocycles. The molecule has 0 spiro atoms. The minimum Gasteiger partial charge on any atom is -0.326 e. The molecule has 1 amide bonds. The van der Waals surface area contributed by atoms with Crippen molar-refractivity contribution in [2.45, 2.75) is 44.0 Å². The number of benzene rings is 1. The average Bonchev–Trinajstić information content (AvgIpc) is 3.00. The van der Waals surface area contributed by atoms with E-state index in [1.807, 2.05) is 11.4 Å². The zero-order valence-corrected chi connectivity index (χ0v) is 15.4. The fourth-order valence-corrected chi connectivity index (χ4v) is 4.20. The fraction of sp³-hybridized carbons (Fsp3) is 0.353. The predicted octanol–water partition coefficient (Wildman–Crippen LogP) is 3.40. The quantitative estimate of drug-likeness (QED) is 0.752. The van der Waals surface area contributed by atoms with Crippen molar-refractivity contribution in [3.8, 4) is 0 Å². The van der Waals surface area contributed by atoms with Gasteiger partial charge in [-0.15, -0.1) is 11.3 Å². The molecule has 0 aliphatic rings. The highest BCUT2D eigenvalue weighted by Gasteiger charge is 2.15. The average molecular weight is 367 g/mol. The minimum atomic E-state index is -3.51. The third-order valence-corrected chi connectivity index (χ3v) is 5.86. The summed E-state index contributed by atoms with van der Waals surface area (Å²) in [5, 5.41) is 4.82. The molecule has 130 valence electrons. The van der Waals surface area contributed by atoms with Crippen molar-refractivity contribution in [1.29, 1.82) is 0 Å². The van der Waals surface area contributed by atoms with Gasteiger partial charge in [-0.1, -0.05) is 6.07 Å². The monoisotopic (exact) mass is 366 g/mol. The molecule has 2 N–H and O–H groups in total. The second-order valence-corrected chi connectivity index (χ2v) is 8.53. The van der Waals surface area contributed by atoms with Gasteiger partial charge in [0.1, 0.15) is 0 Å². The molecule has 0 saturated carbocycles. The molecule has 0 radical (unpaired) electrons. The van der Waals surface area contributed by atoms with Crippen molar-refractivity contribution in [2.24, 2.45) is 0 Å². The number of sulfonamides is 1. The van der Waals surface area contributed by atoms with Gasteiger partial charge in [-0.2, -0.15) is 0 Å². The van der Waals surface area contributed by atoms with Gasteiger partial charge in [0.05, 0.1) is 4.90 Å². The Hall–Kier alpha value is -1.70. The first-order chi connectivity index (χ1) is 11.4. The summed E-state index contributed by atoms with van der Waals surface area (Å²) < 4.78 is 26.6. The summed E-state index contributed by atoms with van der Waals surface area (Å²) in [4.78, 5) is 13.4. The van der Waals surface area contributed by atoms with Crippen LogP contribution in [-0.2, 0) is 21.2 Å². The first-order valence-corrected chi connectivity index (χ1v) is 10.2. The van der Waals surface area contributed by atoms with Crippen molar-refractivity contribution >= 4 is 33.0 Å². The zero-order valence-electron chi connectivity index (χ0n) is 13.8. The van der Waals surface area contributed by atoms with E-state index in [-0.39, 0.29) is 16.8 Å². The molecule has 2 aromatic rings. The number of thiophene rings is 1. The second kappa shape index (κ2) is 8.41. The van der Waals surface area contributed by atoms with Gasteiger partial charge in [-0.3, -0.25) is 4.79 Å². The Balaban J connectivity index is 1.85. The first-order valence-electron chi connectivity index (χ1n) is 7.81. The van der Waals surface area contributed by atoms with Crippen LogP contribution in [0.25, 0.3) is 0 Å². The maximum absolute atomic E-state index is 12.0. The van der Waals surface area contributed by atoms with E-state index in [4.69, 9.17) is 0 Å². The summed E-state index contributed by atoms with van der Waals surface area (Å²) in [6.45, 7) is 3.53. The highest BCUT2D eigenvalue weighted by Crippen LogP contribution is 2.16. The highest BCUT2D eigenvalue weighted by molar-refractivity contribution is 7.89. The Bertz CT molecular complexity index is 752. The van der Waals surface area contributed by atoms with Crippen LogP contribution in [0.1, 0.15) is 31.6 Å². The van der Waals surface area contributed by atoms with Gasteiger partial charge in [-0.05, 0) is 62.4 Å². The van der Waals surface area contributed by atoms with E-state index in [0.717, 1.165) is 12.8 Å². The number of aryl methyl sites for hydroxylation is 1. The number of rotatable bonds is 8. The van der Waals surface area contributed by atoms with E-state index >= 15 is 0 Å². The van der Waals surface area contributed by atoms with Crippen molar-refractivity contribution in [1.82, 2.24) is 4.72 Å². The number of carbonyl (C=O) groups is 1. The standard InChI is InChI=1S/C17H22N2O3S2/c1-13(2)19-24(21,22)16-10-8-14(9-11-16)18-17(20)7-3-5-15-6-4-12-23-15/h4,6,8-13,19H,3,5,7H2,1-2H3,(H,18,20).